The van der Waals surface area contributed by atoms with Crippen molar-refractivity contribution in [3.63, 3.8) is 0 Å². The van der Waals surface area contributed by atoms with E-state index in [4.69, 9.17) is 9.47 Å². The van der Waals surface area contributed by atoms with Crippen molar-refractivity contribution in [3.8, 4) is 17.2 Å². The number of aromatic hydroxyl groups is 1. The van der Waals surface area contributed by atoms with E-state index in [0.29, 0.717) is 11.5 Å². The number of methoxy groups -OCH3 is 2. The number of hydrogen-bond donors (Lipinski definition) is 2. The zero-order chi connectivity index (χ0) is 13.0. The van der Waals surface area contributed by atoms with E-state index >= 15 is 0 Å². The second kappa shape index (κ2) is 5.96. The van der Waals surface area contributed by atoms with Crippen molar-refractivity contribution in [2.24, 2.45) is 0 Å². The Morgan fingerprint density at radius 3 is 2.22 bits per heavy atom. The van der Waals surface area contributed by atoms with E-state index in [-0.39, 0.29) is 5.75 Å². The molecule has 1 fully saturated rings. The van der Waals surface area contributed by atoms with Crippen molar-refractivity contribution >= 4 is 0 Å². The first-order chi connectivity index (χ1) is 8.74. The largest absolute Gasteiger partial charge is 0.502 e. The van der Waals surface area contributed by atoms with E-state index < -0.39 is 0 Å². The topological polar surface area (TPSA) is 55.3 Å². The highest BCUT2D eigenvalue weighted by molar-refractivity contribution is 5.52. The fraction of sp³-hybridized carbons (Fsp3) is 0.571. The molecule has 4 heteroatoms. The number of ether oxygens (including phenoxy) is 2. The predicted octanol–water partition coefficient (Wildman–Crippen LogP) is 1.42. The third kappa shape index (κ3) is 2.88. The van der Waals surface area contributed by atoms with Gasteiger partial charge in [-0.25, -0.2) is 0 Å². The SMILES string of the molecule is COc1cc(C[NH2+]C2CCCC2)cc(OC)c1O. The Morgan fingerprint density at radius 1 is 1.17 bits per heavy atom. The number of hydrogen-bond acceptors (Lipinski definition) is 3. The molecular formula is C14H22NO3+. The summed E-state index contributed by atoms with van der Waals surface area (Å²) in [5.74, 6) is 1.03. The molecular weight excluding hydrogens is 230 g/mol. The van der Waals surface area contributed by atoms with E-state index in [9.17, 15) is 5.11 Å². The van der Waals surface area contributed by atoms with Crippen LogP contribution in [0.3, 0.4) is 0 Å². The Morgan fingerprint density at radius 2 is 1.72 bits per heavy atom. The Labute approximate surface area is 108 Å². The van der Waals surface area contributed by atoms with Crippen molar-refractivity contribution < 1.29 is 19.9 Å². The highest BCUT2D eigenvalue weighted by Crippen LogP contribution is 2.36. The lowest BCUT2D eigenvalue weighted by atomic mass is 10.1. The Bertz CT molecular complexity index is 375. The van der Waals surface area contributed by atoms with Crippen molar-refractivity contribution in [3.05, 3.63) is 17.7 Å². The molecule has 18 heavy (non-hydrogen) atoms. The van der Waals surface area contributed by atoms with Gasteiger partial charge in [-0.15, -0.1) is 0 Å². The normalized spacial score (nSPS) is 15.9. The van der Waals surface area contributed by atoms with Gasteiger partial charge >= 0.3 is 0 Å². The molecule has 1 saturated carbocycles. The smallest absolute Gasteiger partial charge is 0.200 e. The summed E-state index contributed by atoms with van der Waals surface area (Å²) in [6, 6.07) is 4.50. The van der Waals surface area contributed by atoms with Gasteiger partial charge in [0.05, 0.1) is 20.3 Å². The van der Waals surface area contributed by atoms with Gasteiger partial charge in [-0.3, -0.25) is 0 Å². The maximum atomic E-state index is 9.83. The van der Waals surface area contributed by atoms with Crippen LogP contribution in [0.15, 0.2) is 12.1 Å². The summed E-state index contributed by atoms with van der Waals surface area (Å²) in [6.07, 6.45) is 5.32. The molecule has 0 radical (unpaired) electrons. The van der Waals surface area contributed by atoms with Gasteiger partial charge in [-0.05, 0) is 37.8 Å². The molecule has 3 N–H and O–H groups in total. The second-order valence-corrected chi connectivity index (χ2v) is 4.83. The molecule has 0 saturated heterocycles. The molecule has 0 aliphatic heterocycles. The zero-order valence-corrected chi connectivity index (χ0v) is 11.1. The first-order valence-corrected chi connectivity index (χ1v) is 6.51. The summed E-state index contributed by atoms with van der Waals surface area (Å²) in [4.78, 5) is 0. The lowest BCUT2D eigenvalue weighted by Gasteiger charge is -2.12. The van der Waals surface area contributed by atoms with E-state index in [0.717, 1.165) is 18.2 Å². The van der Waals surface area contributed by atoms with Crippen LogP contribution in [0.2, 0.25) is 0 Å². The molecule has 0 spiro atoms. The van der Waals surface area contributed by atoms with Gasteiger partial charge in [0.2, 0.25) is 5.75 Å². The second-order valence-electron chi connectivity index (χ2n) is 4.83. The number of phenolic OH excluding ortho intramolecular Hbond substituents is 1. The van der Waals surface area contributed by atoms with Crippen LogP contribution < -0.4 is 14.8 Å². The van der Waals surface area contributed by atoms with Crippen LogP contribution in [0.4, 0.5) is 0 Å². The fourth-order valence-electron chi connectivity index (χ4n) is 2.56. The van der Waals surface area contributed by atoms with Gasteiger partial charge in [0, 0.05) is 5.56 Å². The highest BCUT2D eigenvalue weighted by Gasteiger charge is 2.18. The zero-order valence-electron chi connectivity index (χ0n) is 11.1. The number of phenols is 1. The average Bonchev–Trinajstić information content (AvgIpc) is 2.90. The molecule has 0 bridgehead atoms. The summed E-state index contributed by atoms with van der Waals surface area (Å²) in [6.45, 7) is 0.900. The first kappa shape index (κ1) is 13.0. The molecule has 0 amide bonds. The summed E-state index contributed by atoms with van der Waals surface area (Å²) < 4.78 is 10.3. The number of nitrogens with two attached hydrogens (primary N) is 1. The van der Waals surface area contributed by atoms with E-state index in [1.807, 2.05) is 12.1 Å². The van der Waals surface area contributed by atoms with Crippen LogP contribution in [0.25, 0.3) is 0 Å². The van der Waals surface area contributed by atoms with Crippen molar-refractivity contribution in [2.75, 3.05) is 14.2 Å². The van der Waals surface area contributed by atoms with Gasteiger partial charge in [0.15, 0.2) is 11.5 Å². The monoisotopic (exact) mass is 252 g/mol. The van der Waals surface area contributed by atoms with Crippen LogP contribution >= 0.6 is 0 Å². The number of quaternary nitrogens is 1. The third-order valence-corrected chi connectivity index (χ3v) is 3.63. The minimum Gasteiger partial charge on any atom is -0.502 e. The number of benzene rings is 1. The Hall–Kier alpha value is -1.42. The van der Waals surface area contributed by atoms with Crippen LogP contribution in [-0.4, -0.2) is 25.4 Å². The Kier molecular flexibility index (Phi) is 4.31. The van der Waals surface area contributed by atoms with Gasteiger partial charge in [-0.1, -0.05) is 0 Å². The van der Waals surface area contributed by atoms with Gasteiger partial charge < -0.3 is 19.9 Å². The van der Waals surface area contributed by atoms with Crippen LogP contribution in [0.5, 0.6) is 17.2 Å². The molecule has 0 unspecified atom stereocenters. The van der Waals surface area contributed by atoms with Gasteiger partial charge in [0.25, 0.3) is 0 Å². The van der Waals surface area contributed by atoms with Crippen molar-refractivity contribution in [1.82, 2.24) is 0 Å². The molecule has 1 aliphatic rings. The first-order valence-electron chi connectivity index (χ1n) is 6.51. The predicted molar refractivity (Wildman–Crippen MR) is 69.1 cm³/mol. The van der Waals surface area contributed by atoms with Crippen molar-refractivity contribution in [1.29, 1.82) is 0 Å². The van der Waals surface area contributed by atoms with E-state index in [1.54, 1.807) is 14.2 Å². The van der Waals surface area contributed by atoms with Crippen LogP contribution in [0.1, 0.15) is 31.2 Å². The number of rotatable bonds is 5. The fourth-order valence-corrected chi connectivity index (χ4v) is 2.56. The lowest BCUT2D eigenvalue weighted by Crippen LogP contribution is -2.87. The quantitative estimate of drug-likeness (QED) is 0.833. The Balaban J connectivity index is 2.07. The van der Waals surface area contributed by atoms with E-state index in [1.165, 1.54) is 25.7 Å². The maximum Gasteiger partial charge on any atom is 0.200 e. The minimum atomic E-state index is 0.0737. The van der Waals surface area contributed by atoms with E-state index in [2.05, 4.69) is 5.32 Å². The molecule has 1 aliphatic carbocycles. The summed E-state index contributed by atoms with van der Waals surface area (Å²) in [5.41, 5.74) is 1.12. The molecule has 0 heterocycles. The molecule has 1 aromatic rings. The van der Waals surface area contributed by atoms with Crippen molar-refractivity contribution in [2.45, 2.75) is 38.3 Å². The molecule has 0 atom stereocenters. The average molecular weight is 252 g/mol. The standard InChI is InChI=1S/C14H21NO3/c1-17-12-7-10(8-13(18-2)14(12)16)9-15-11-5-3-4-6-11/h7-8,11,15-16H,3-6,9H2,1-2H3/p+1. The maximum absolute atomic E-state index is 9.83. The van der Waals surface area contributed by atoms with Crippen LogP contribution in [0, 0.1) is 0 Å². The minimum absolute atomic E-state index is 0.0737. The third-order valence-electron chi connectivity index (χ3n) is 3.63. The summed E-state index contributed by atoms with van der Waals surface area (Å²) in [7, 11) is 3.11. The molecule has 2 rings (SSSR count). The lowest BCUT2D eigenvalue weighted by molar-refractivity contribution is -0.703. The molecule has 4 nitrogen and oxygen atoms in total. The highest BCUT2D eigenvalue weighted by atomic mass is 16.5. The molecule has 0 aromatic heterocycles. The molecule has 100 valence electrons. The van der Waals surface area contributed by atoms with Crippen LogP contribution in [-0.2, 0) is 6.54 Å². The summed E-state index contributed by atoms with van der Waals surface area (Å²) >= 11 is 0. The molecule has 1 aromatic carbocycles. The van der Waals surface area contributed by atoms with Gasteiger partial charge in [-0.2, -0.15) is 0 Å². The summed E-state index contributed by atoms with van der Waals surface area (Å²) in [5, 5.41) is 12.2. The van der Waals surface area contributed by atoms with Gasteiger partial charge in [0.1, 0.15) is 6.54 Å².